The van der Waals surface area contributed by atoms with E-state index < -0.39 is 17.1 Å². The third-order valence-electron chi connectivity index (χ3n) is 5.56. The number of carbonyl (C=O) groups is 3. The highest BCUT2D eigenvalue weighted by atomic mass is 32.2. The van der Waals surface area contributed by atoms with Crippen LogP contribution in [0.15, 0.2) is 71.6 Å². The fourth-order valence-electron chi connectivity index (χ4n) is 3.77. The topological polar surface area (TPSA) is 109 Å². The summed E-state index contributed by atoms with van der Waals surface area (Å²) in [6.07, 6.45) is 1.58. The fraction of sp³-hybridized carbons (Fsp3) is 0.172. The van der Waals surface area contributed by atoms with Gasteiger partial charge in [0.05, 0.1) is 23.1 Å². The number of amides is 3. The highest BCUT2D eigenvalue weighted by molar-refractivity contribution is 8.18. The lowest BCUT2D eigenvalue weighted by molar-refractivity contribution is -0.127. The minimum atomic E-state index is -0.536. The molecule has 3 aromatic rings. The molecule has 0 aromatic heterocycles. The molecule has 1 fully saturated rings. The molecule has 0 saturated carbocycles. The second-order valence-corrected chi connectivity index (χ2v) is 9.38. The molecular formula is C29H25N3O5S. The summed E-state index contributed by atoms with van der Waals surface area (Å²) in [5.41, 5.74) is 3.49. The molecule has 1 saturated heterocycles. The van der Waals surface area contributed by atoms with Gasteiger partial charge in [-0.2, -0.15) is 5.26 Å². The molecule has 38 heavy (non-hydrogen) atoms. The molecular weight excluding hydrogens is 502 g/mol. The average molecular weight is 528 g/mol. The number of thioether (sulfide) groups is 1. The number of imide groups is 1. The Kier molecular flexibility index (Phi) is 8.46. The van der Waals surface area contributed by atoms with Gasteiger partial charge in [0.2, 0.25) is 5.91 Å². The molecule has 0 atom stereocenters. The molecule has 1 aliphatic rings. The maximum absolute atomic E-state index is 12.9. The van der Waals surface area contributed by atoms with Crippen molar-refractivity contribution in [1.82, 2.24) is 4.90 Å². The van der Waals surface area contributed by atoms with E-state index in [1.807, 2.05) is 38.1 Å². The summed E-state index contributed by atoms with van der Waals surface area (Å²) in [5, 5.41) is 11.5. The van der Waals surface area contributed by atoms with Gasteiger partial charge in [0.15, 0.2) is 11.5 Å². The number of benzene rings is 3. The quantitative estimate of drug-likeness (QED) is 0.365. The minimum Gasteiger partial charge on any atom is -0.490 e. The predicted octanol–water partition coefficient (Wildman–Crippen LogP) is 5.52. The lowest BCUT2D eigenvalue weighted by atomic mass is 10.1. The molecule has 0 bridgehead atoms. The smallest absolute Gasteiger partial charge is 0.294 e. The zero-order chi connectivity index (χ0) is 27.1. The van der Waals surface area contributed by atoms with Gasteiger partial charge in [-0.05, 0) is 73.1 Å². The zero-order valence-corrected chi connectivity index (χ0v) is 21.7. The number of anilines is 1. The van der Waals surface area contributed by atoms with Gasteiger partial charge in [-0.25, -0.2) is 0 Å². The third kappa shape index (κ3) is 6.41. The summed E-state index contributed by atoms with van der Waals surface area (Å²) in [5.74, 6) is -0.0480. The number of carbonyl (C=O) groups excluding carboxylic acids is 3. The van der Waals surface area contributed by atoms with Crippen LogP contribution in [0.3, 0.4) is 0 Å². The van der Waals surface area contributed by atoms with Crippen LogP contribution in [0.2, 0.25) is 0 Å². The highest BCUT2D eigenvalue weighted by Gasteiger charge is 2.36. The van der Waals surface area contributed by atoms with Gasteiger partial charge < -0.3 is 14.8 Å². The van der Waals surface area contributed by atoms with E-state index in [4.69, 9.17) is 9.47 Å². The van der Waals surface area contributed by atoms with Gasteiger partial charge in [-0.15, -0.1) is 0 Å². The highest BCUT2D eigenvalue weighted by Crippen LogP contribution is 2.35. The fourth-order valence-corrected chi connectivity index (χ4v) is 4.61. The van der Waals surface area contributed by atoms with E-state index in [0.29, 0.717) is 34.9 Å². The predicted molar refractivity (Wildman–Crippen MR) is 146 cm³/mol. The van der Waals surface area contributed by atoms with Gasteiger partial charge >= 0.3 is 0 Å². The monoisotopic (exact) mass is 527 g/mol. The van der Waals surface area contributed by atoms with Gasteiger partial charge in [0, 0.05) is 11.3 Å². The lowest BCUT2D eigenvalue weighted by Crippen LogP contribution is -2.36. The van der Waals surface area contributed by atoms with Crippen molar-refractivity contribution >= 4 is 40.6 Å². The van der Waals surface area contributed by atoms with Gasteiger partial charge in [-0.3, -0.25) is 19.3 Å². The van der Waals surface area contributed by atoms with E-state index in [9.17, 15) is 19.6 Å². The molecule has 9 heteroatoms. The zero-order valence-electron chi connectivity index (χ0n) is 20.9. The van der Waals surface area contributed by atoms with Crippen molar-refractivity contribution in [3.63, 3.8) is 0 Å². The Hall–Kier alpha value is -4.55. The van der Waals surface area contributed by atoms with Crippen LogP contribution in [0, 0.1) is 18.3 Å². The second kappa shape index (κ2) is 12.1. The number of aryl methyl sites for hydroxylation is 1. The maximum atomic E-state index is 12.9. The molecule has 192 valence electrons. The number of nitrogens with one attached hydrogen (secondary N) is 1. The maximum Gasteiger partial charge on any atom is 0.294 e. The van der Waals surface area contributed by atoms with Gasteiger partial charge in [0.1, 0.15) is 13.2 Å². The van der Waals surface area contributed by atoms with Crippen molar-refractivity contribution in [2.45, 2.75) is 20.5 Å². The Morgan fingerprint density at radius 3 is 2.63 bits per heavy atom. The number of ether oxygens (including phenoxy) is 2. The van der Waals surface area contributed by atoms with Crippen molar-refractivity contribution in [1.29, 1.82) is 5.26 Å². The van der Waals surface area contributed by atoms with Crippen LogP contribution >= 0.6 is 11.8 Å². The minimum absolute atomic E-state index is 0.187. The van der Waals surface area contributed by atoms with E-state index in [1.54, 1.807) is 48.5 Å². The summed E-state index contributed by atoms with van der Waals surface area (Å²) in [7, 11) is 0. The first-order chi connectivity index (χ1) is 18.4. The van der Waals surface area contributed by atoms with Crippen LogP contribution in [0.1, 0.15) is 29.2 Å². The molecule has 0 spiro atoms. The molecule has 0 unspecified atom stereocenters. The Balaban J connectivity index is 1.46. The number of nitrogens with zero attached hydrogens (tertiary/aromatic N) is 2. The summed E-state index contributed by atoms with van der Waals surface area (Å²) in [4.78, 5) is 39.0. The standard InChI is InChI=1S/C29H25N3O5S/c1-3-36-25-14-20(11-12-24(25)37-18-22-9-5-4-8-21(22)16-30)15-26-28(34)32(29(35)38-26)17-27(33)31-23-10-6-7-19(2)13-23/h4-15H,3,17-18H2,1-2H3,(H,31,33)/b26-15-. The summed E-state index contributed by atoms with van der Waals surface area (Å²) < 4.78 is 11.7. The van der Waals surface area contributed by atoms with Gasteiger partial charge in [0.25, 0.3) is 11.1 Å². The van der Waals surface area contributed by atoms with E-state index in [2.05, 4.69) is 11.4 Å². The molecule has 1 aliphatic heterocycles. The van der Waals surface area contributed by atoms with Crippen LogP contribution < -0.4 is 14.8 Å². The molecule has 1 heterocycles. The Morgan fingerprint density at radius 2 is 1.87 bits per heavy atom. The van der Waals surface area contributed by atoms with Crippen molar-refractivity contribution in [2.24, 2.45) is 0 Å². The lowest BCUT2D eigenvalue weighted by Gasteiger charge is -2.13. The molecule has 4 rings (SSSR count). The Labute approximate surface area is 224 Å². The third-order valence-corrected chi connectivity index (χ3v) is 6.47. The van der Waals surface area contributed by atoms with Crippen LogP contribution in [0.4, 0.5) is 10.5 Å². The average Bonchev–Trinajstić information content (AvgIpc) is 3.15. The van der Waals surface area contributed by atoms with Crippen molar-refractivity contribution in [3.8, 4) is 17.6 Å². The van der Waals surface area contributed by atoms with Crippen LogP contribution in [0.25, 0.3) is 6.08 Å². The number of hydrogen-bond donors (Lipinski definition) is 1. The van der Waals surface area contributed by atoms with Crippen LogP contribution in [0.5, 0.6) is 11.5 Å². The van der Waals surface area contributed by atoms with E-state index in [-0.39, 0.29) is 18.1 Å². The first-order valence-electron chi connectivity index (χ1n) is 11.9. The number of rotatable bonds is 9. The first-order valence-corrected chi connectivity index (χ1v) is 12.7. The molecule has 0 radical (unpaired) electrons. The second-order valence-electron chi connectivity index (χ2n) is 8.38. The van der Waals surface area contributed by atoms with Crippen molar-refractivity contribution in [2.75, 3.05) is 18.5 Å². The molecule has 3 amide bonds. The Bertz CT molecular complexity index is 1460. The first kappa shape index (κ1) is 26.5. The summed E-state index contributed by atoms with van der Waals surface area (Å²) in [6, 6.07) is 21.8. The van der Waals surface area contributed by atoms with Crippen molar-refractivity contribution in [3.05, 3.63) is 93.9 Å². The van der Waals surface area contributed by atoms with Crippen LogP contribution in [-0.4, -0.2) is 35.1 Å². The van der Waals surface area contributed by atoms with Crippen LogP contribution in [-0.2, 0) is 16.2 Å². The molecule has 8 nitrogen and oxygen atoms in total. The van der Waals surface area contributed by atoms with E-state index in [0.717, 1.165) is 27.8 Å². The van der Waals surface area contributed by atoms with Gasteiger partial charge in [-0.1, -0.05) is 36.4 Å². The van der Waals surface area contributed by atoms with E-state index >= 15 is 0 Å². The number of nitriles is 1. The van der Waals surface area contributed by atoms with E-state index in [1.165, 1.54) is 0 Å². The van der Waals surface area contributed by atoms with Crippen molar-refractivity contribution < 1.29 is 23.9 Å². The normalized spacial score (nSPS) is 13.9. The molecule has 3 aromatic carbocycles. The molecule has 0 aliphatic carbocycles. The summed E-state index contributed by atoms with van der Waals surface area (Å²) >= 11 is 0.778. The summed E-state index contributed by atoms with van der Waals surface area (Å²) in [6.45, 7) is 3.94. The Morgan fingerprint density at radius 1 is 1.05 bits per heavy atom. The SMILES string of the molecule is CCOc1cc(/C=C2\SC(=O)N(CC(=O)Nc3cccc(C)c3)C2=O)ccc1OCc1ccccc1C#N. The largest absolute Gasteiger partial charge is 0.490 e. The molecule has 1 N–H and O–H groups in total. The number of hydrogen-bond acceptors (Lipinski definition) is 7.